The first kappa shape index (κ1) is 22.3. The SMILES string of the molecule is COc1ccc(CNC(=O)[C@H](C)OC(=O)/C=C/c2ccc(C)c(Cl)c2)cc1OC. The topological polar surface area (TPSA) is 73.9 Å². The van der Waals surface area contributed by atoms with Gasteiger partial charge in [-0.3, -0.25) is 4.79 Å². The summed E-state index contributed by atoms with van der Waals surface area (Å²) >= 11 is 6.06. The lowest BCUT2D eigenvalue weighted by molar-refractivity contribution is -0.150. The second kappa shape index (κ2) is 10.5. The Morgan fingerprint density at radius 1 is 1.10 bits per heavy atom. The highest BCUT2D eigenvalue weighted by Crippen LogP contribution is 2.27. The molecule has 6 nitrogen and oxygen atoms in total. The van der Waals surface area contributed by atoms with E-state index < -0.39 is 18.0 Å². The Labute approximate surface area is 175 Å². The minimum absolute atomic E-state index is 0.263. The molecular formula is C22H24ClNO5. The van der Waals surface area contributed by atoms with Gasteiger partial charge in [0.1, 0.15) is 0 Å². The van der Waals surface area contributed by atoms with E-state index in [0.717, 1.165) is 16.7 Å². The third-order valence-corrected chi connectivity index (χ3v) is 4.59. The fraction of sp³-hybridized carbons (Fsp3) is 0.273. The highest BCUT2D eigenvalue weighted by molar-refractivity contribution is 6.31. The van der Waals surface area contributed by atoms with Gasteiger partial charge in [0, 0.05) is 17.6 Å². The van der Waals surface area contributed by atoms with Crippen molar-refractivity contribution in [1.29, 1.82) is 0 Å². The lowest BCUT2D eigenvalue weighted by Gasteiger charge is -2.13. The van der Waals surface area contributed by atoms with Crippen LogP contribution in [-0.4, -0.2) is 32.2 Å². The van der Waals surface area contributed by atoms with Crippen LogP contribution in [0.2, 0.25) is 5.02 Å². The van der Waals surface area contributed by atoms with Crippen LogP contribution < -0.4 is 14.8 Å². The number of nitrogens with one attached hydrogen (secondary N) is 1. The highest BCUT2D eigenvalue weighted by Gasteiger charge is 2.16. The van der Waals surface area contributed by atoms with Crippen molar-refractivity contribution in [1.82, 2.24) is 5.32 Å². The maximum Gasteiger partial charge on any atom is 0.331 e. The minimum Gasteiger partial charge on any atom is -0.493 e. The summed E-state index contributed by atoms with van der Waals surface area (Å²) in [5.41, 5.74) is 2.54. The van der Waals surface area contributed by atoms with Crippen LogP contribution >= 0.6 is 11.6 Å². The highest BCUT2D eigenvalue weighted by atomic mass is 35.5. The van der Waals surface area contributed by atoms with E-state index in [1.165, 1.54) is 13.0 Å². The molecule has 154 valence electrons. The maximum atomic E-state index is 12.2. The number of methoxy groups -OCH3 is 2. The summed E-state index contributed by atoms with van der Waals surface area (Å²) in [6, 6.07) is 10.8. The Morgan fingerprint density at radius 3 is 2.48 bits per heavy atom. The molecule has 0 radical (unpaired) electrons. The number of amides is 1. The second-order valence-corrected chi connectivity index (χ2v) is 6.74. The van der Waals surface area contributed by atoms with Gasteiger partial charge in [0.15, 0.2) is 17.6 Å². The van der Waals surface area contributed by atoms with Crippen molar-refractivity contribution in [3.63, 3.8) is 0 Å². The van der Waals surface area contributed by atoms with Gasteiger partial charge >= 0.3 is 5.97 Å². The Morgan fingerprint density at radius 2 is 1.83 bits per heavy atom. The molecule has 2 rings (SSSR count). The number of carbonyl (C=O) groups is 2. The smallest absolute Gasteiger partial charge is 0.331 e. The molecular weight excluding hydrogens is 394 g/mol. The lowest BCUT2D eigenvalue weighted by Crippen LogP contribution is -2.35. The summed E-state index contributed by atoms with van der Waals surface area (Å²) in [6.07, 6.45) is 1.91. The van der Waals surface area contributed by atoms with Gasteiger partial charge in [0.2, 0.25) is 0 Å². The summed E-state index contributed by atoms with van der Waals surface area (Å²) < 4.78 is 15.6. The van der Waals surface area contributed by atoms with Crippen LogP contribution in [0, 0.1) is 6.92 Å². The zero-order valence-electron chi connectivity index (χ0n) is 16.8. The molecule has 0 aromatic heterocycles. The molecule has 29 heavy (non-hydrogen) atoms. The summed E-state index contributed by atoms with van der Waals surface area (Å²) in [4.78, 5) is 24.2. The fourth-order valence-corrected chi connectivity index (χ4v) is 2.66. The number of benzene rings is 2. The molecule has 0 bridgehead atoms. The first-order valence-corrected chi connectivity index (χ1v) is 9.35. The largest absolute Gasteiger partial charge is 0.493 e. The van der Waals surface area contributed by atoms with Crippen LogP contribution in [0.25, 0.3) is 6.08 Å². The predicted molar refractivity (Wildman–Crippen MR) is 112 cm³/mol. The van der Waals surface area contributed by atoms with Crippen molar-refractivity contribution in [3.8, 4) is 11.5 Å². The number of ether oxygens (including phenoxy) is 3. The molecule has 0 aliphatic heterocycles. The fourth-order valence-electron chi connectivity index (χ4n) is 2.47. The molecule has 0 saturated heterocycles. The quantitative estimate of drug-likeness (QED) is 0.520. The van der Waals surface area contributed by atoms with Gasteiger partial charge < -0.3 is 19.5 Å². The van der Waals surface area contributed by atoms with Crippen molar-refractivity contribution >= 4 is 29.6 Å². The Bertz CT molecular complexity index is 910. The first-order chi connectivity index (χ1) is 13.8. The molecule has 0 spiro atoms. The Kier molecular flexibility index (Phi) is 8.09. The molecule has 0 fully saturated rings. The standard InChI is InChI=1S/C22H24ClNO5/c1-14-5-6-16(11-18(14)23)8-10-21(25)29-15(2)22(26)24-13-17-7-9-19(27-3)20(12-17)28-4/h5-12,15H,13H2,1-4H3,(H,24,26)/b10-8+/t15-/m0/s1. The van der Waals surface area contributed by atoms with Gasteiger partial charge in [-0.25, -0.2) is 4.79 Å². The van der Waals surface area contributed by atoms with Crippen molar-refractivity contribution < 1.29 is 23.8 Å². The van der Waals surface area contributed by atoms with Gasteiger partial charge in [-0.15, -0.1) is 0 Å². The average molecular weight is 418 g/mol. The monoisotopic (exact) mass is 417 g/mol. The number of rotatable bonds is 8. The van der Waals surface area contributed by atoms with Crippen molar-refractivity contribution in [2.45, 2.75) is 26.5 Å². The third-order valence-electron chi connectivity index (χ3n) is 4.18. The van der Waals surface area contributed by atoms with Crippen molar-refractivity contribution in [3.05, 3.63) is 64.2 Å². The zero-order chi connectivity index (χ0) is 21.4. The third kappa shape index (κ3) is 6.54. The molecule has 0 aliphatic carbocycles. The second-order valence-electron chi connectivity index (χ2n) is 6.33. The van der Waals surface area contributed by atoms with Gasteiger partial charge in [0.25, 0.3) is 5.91 Å². The molecule has 1 atom stereocenters. The van der Waals surface area contributed by atoms with Gasteiger partial charge in [-0.05, 0) is 54.8 Å². The molecule has 2 aromatic rings. The lowest BCUT2D eigenvalue weighted by atomic mass is 10.1. The number of carbonyl (C=O) groups excluding carboxylic acids is 2. The average Bonchev–Trinajstić information content (AvgIpc) is 2.72. The number of hydrogen-bond donors (Lipinski definition) is 1. The summed E-state index contributed by atoms with van der Waals surface area (Å²) in [6.45, 7) is 3.67. The van der Waals surface area contributed by atoms with Crippen LogP contribution in [0.15, 0.2) is 42.5 Å². The van der Waals surface area contributed by atoms with Crippen LogP contribution in [-0.2, 0) is 20.9 Å². The summed E-state index contributed by atoms with van der Waals surface area (Å²) in [5.74, 6) is 0.155. The van der Waals surface area contributed by atoms with E-state index in [1.54, 1.807) is 38.5 Å². The molecule has 2 aromatic carbocycles. The first-order valence-electron chi connectivity index (χ1n) is 8.97. The van der Waals surface area contributed by atoms with Crippen LogP contribution in [0.4, 0.5) is 0 Å². The van der Waals surface area contributed by atoms with E-state index in [4.69, 9.17) is 25.8 Å². The van der Waals surface area contributed by atoms with Crippen molar-refractivity contribution in [2.75, 3.05) is 14.2 Å². The number of hydrogen-bond acceptors (Lipinski definition) is 5. The summed E-state index contributed by atoms with van der Waals surface area (Å²) in [5, 5.41) is 3.34. The zero-order valence-corrected chi connectivity index (χ0v) is 17.6. The van der Waals surface area contributed by atoms with Gasteiger partial charge in [-0.2, -0.15) is 0 Å². The molecule has 0 saturated carbocycles. The predicted octanol–water partition coefficient (Wildman–Crippen LogP) is 3.93. The van der Waals surface area contributed by atoms with E-state index in [-0.39, 0.29) is 6.54 Å². The maximum absolute atomic E-state index is 12.2. The van der Waals surface area contributed by atoms with E-state index in [1.807, 2.05) is 25.1 Å². The Hall–Kier alpha value is -2.99. The molecule has 1 N–H and O–H groups in total. The van der Waals surface area contributed by atoms with E-state index >= 15 is 0 Å². The van der Waals surface area contributed by atoms with Gasteiger partial charge in [0.05, 0.1) is 14.2 Å². The van der Waals surface area contributed by atoms with Crippen LogP contribution in [0.3, 0.4) is 0 Å². The normalized spacial score (nSPS) is 11.8. The minimum atomic E-state index is -0.936. The molecule has 0 unspecified atom stereocenters. The number of aryl methyl sites for hydroxylation is 1. The molecule has 0 heterocycles. The number of halogens is 1. The molecule has 1 amide bonds. The number of esters is 1. The van der Waals surface area contributed by atoms with E-state index in [9.17, 15) is 9.59 Å². The van der Waals surface area contributed by atoms with Crippen LogP contribution in [0.5, 0.6) is 11.5 Å². The van der Waals surface area contributed by atoms with E-state index in [2.05, 4.69) is 5.32 Å². The van der Waals surface area contributed by atoms with Crippen LogP contribution in [0.1, 0.15) is 23.6 Å². The van der Waals surface area contributed by atoms with Gasteiger partial charge in [-0.1, -0.05) is 29.8 Å². The van der Waals surface area contributed by atoms with E-state index in [0.29, 0.717) is 16.5 Å². The van der Waals surface area contributed by atoms with Crippen molar-refractivity contribution in [2.24, 2.45) is 0 Å². The molecule has 7 heteroatoms. The summed E-state index contributed by atoms with van der Waals surface area (Å²) in [7, 11) is 3.09. The molecule has 0 aliphatic rings. The Balaban J connectivity index is 1.87.